The molecule has 0 saturated heterocycles. The molecule has 15 heavy (non-hydrogen) atoms. The van der Waals surface area contributed by atoms with Gasteiger partial charge in [0.15, 0.2) is 0 Å². The molecule has 86 valence electrons. The van der Waals surface area contributed by atoms with Crippen molar-refractivity contribution >= 4 is 27.7 Å². The Bertz CT molecular complexity index is 260. The molecule has 0 spiro atoms. The van der Waals surface area contributed by atoms with Crippen molar-refractivity contribution in [1.29, 1.82) is 0 Å². The third-order valence-corrected chi connectivity index (χ3v) is 3.86. The van der Waals surface area contributed by atoms with Gasteiger partial charge in [-0.15, -0.1) is 0 Å². The molecule has 1 rings (SSSR count). The Morgan fingerprint density at radius 3 is 2.67 bits per heavy atom. The van der Waals surface area contributed by atoms with E-state index in [1.807, 2.05) is 11.8 Å². The summed E-state index contributed by atoms with van der Waals surface area (Å²) in [5, 5.41) is 1.13. The highest BCUT2D eigenvalue weighted by Crippen LogP contribution is 2.17. The zero-order chi connectivity index (χ0) is 10.9. The van der Waals surface area contributed by atoms with Crippen LogP contribution in [0.2, 0.25) is 0 Å². The molecule has 3 heteroatoms. The van der Waals surface area contributed by atoms with E-state index >= 15 is 0 Å². The molecule has 0 N–H and O–H groups in total. The number of aryl methyl sites for hydroxylation is 1. The Morgan fingerprint density at radius 2 is 2.00 bits per heavy atom. The fourth-order valence-corrected chi connectivity index (χ4v) is 2.64. The Hall–Kier alpha value is 0.110. The fraction of sp³-hybridized carbons (Fsp3) is 0.667. The zero-order valence-corrected chi connectivity index (χ0v) is 11.7. The standard InChI is InChI=1S/C12H19BrOS/c1-2-11-6-7-12(14-11)10-15-9-5-3-4-8-13/h6-7H,2-5,8-10H2,1H3. The third kappa shape index (κ3) is 5.67. The van der Waals surface area contributed by atoms with Crippen LogP contribution in [0.1, 0.15) is 37.7 Å². The molecule has 1 heterocycles. The van der Waals surface area contributed by atoms with E-state index in [9.17, 15) is 0 Å². The van der Waals surface area contributed by atoms with Crippen molar-refractivity contribution in [2.24, 2.45) is 0 Å². The maximum atomic E-state index is 5.63. The van der Waals surface area contributed by atoms with Gasteiger partial charge in [0.25, 0.3) is 0 Å². The van der Waals surface area contributed by atoms with Gasteiger partial charge in [-0.1, -0.05) is 29.3 Å². The molecule has 0 amide bonds. The van der Waals surface area contributed by atoms with Gasteiger partial charge in [0.05, 0.1) is 5.75 Å². The van der Waals surface area contributed by atoms with E-state index in [-0.39, 0.29) is 0 Å². The third-order valence-electron chi connectivity index (χ3n) is 2.23. The first-order chi connectivity index (χ1) is 7.36. The number of halogens is 1. The molecule has 0 aromatic carbocycles. The number of furan rings is 1. The lowest BCUT2D eigenvalue weighted by Gasteiger charge is -1.99. The second-order valence-corrected chi connectivity index (χ2v) is 5.42. The topological polar surface area (TPSA) is 13.1 Å². The van der Waals surface area contributed by atoms with Crippen molar-refractivity contribution in [1.82, 2.24) is 0 Å². The van der Waals surface area contributed by atoms with Crippen molar-refractivity contribution in [3.8, 4) is 0 Å². The minimum Gasteiger partial charge on any atom is -0.465 e. The summed E-state index contributed by atoms with van der Waals surface area (Å²) in [4.78, 5) is 0. The second kappa shape index (κ2) is 8.28. The average molecular weight is 291 g/mol. The van der Waals surface area contributed by atoms with Crippen LogP contribution in [0.4, 0.5) is 0 Å². The summed E-state index contributed by atoms with van der Waals surface area (Å²) < 4.78 is 5.63. The molecule has 0 atom stereocenters. The summed E-state index contributed by atoms with van der Waals surface area (Å²) in [7, 11) is 0. The lowest BCUT2D eigenvalue weighted by molar-refractivity contribution is 0.485. The van der Waals surface area contributed by atoms with E-state index in [1.54, 1.807) is 0 Å². The second-order valence-electron chi connectivity index (χ2n) is 3.52. The normalized spacial score (nSPS) is 10.8. The highest BCUT2D eigenvalue weighted by Gasteiger charge is 2.00. The number of alkyl halides is 1. The zero-order valence-electron chi connectivity index (χ0n) is 9.30. The molecule has 0 aliphatic carbocycles. The molecule has 1 aromatic rings. The number of thioether (sulfide) groups is 1. The van der Waals surface area contributed by atoms with E-state index in [4.69, 9.17) is 4.42 Å². The molecule has 0 aliphatic heterocycles. The molecule has 0 bridgehead atoms. The van der Waals surface area contributed by atoms with E-state index in [0.717, 1.165) is 29.0 Å². The predicted octanol–water partition coefficient (Wildman–Crippen LogP) is 4.64. The fourth-order valence-electron chi connectivity index (χ4n) is 1.34. The van der Waals surface area contributed by atoms with Crippen molar-refractivity contribution in [3.05, 3.63) is 23.7 Å². The van der Waals surface area contributed by atoms with Crippen LogP contribution in [0, 0.1) is 0 Å². The van der Waals surface area contributed by atoms with E-state index in [1.165, 1.54) is 25.0 Å². The van der Waals surface area contributed by atoms with Crippen molar-refractivity contribution in [2.75, 3.05) is 11.1 Å². The van der Waals surface area contributed by atoms with Crippen LogP contribution in [0.15, 0.2) is 16.5 Å². The minimum atomic E-state index is 0.996. The number of hydrogen-bond acceptors (Lipinski definition) is 2. The van der Waals surface area contributed by atoms with E-state index < -0.39 is 0 Å². The van der Waals surface area contributed by atoms with Crippen LogP contribution >= 0.6 is 27.7 Å². The molecule has 0 radical (unpaired) electrons. The van der Waals surface area contributed by atoms with E-state index in [2.05, 4.69) is 35.0 Å². The smallest absolute Gasteiger partial charge is 0.114 e. The maximum Gasteiger partial charge on any atom is 0.114 e. The van der Waals surface area contributed by atoms with Gasteiger partial charge in [0.1, 0.15) is 11.5 Å². The van der Waals surface area contributed by atoms with Crippen LogP contribution in [0.3, 0.4) is 0 Å². The summed E-state index contributed by atoms with van der Waals surface area (Å²) in [6.45, 7) is 2.12. The first-order valence-electron chi connectivity index (χ1n) is 5.58. The lowest BCUT2D eigenvalue weighted by Crippen LogP contribution is -1.83. The lowest BCUT2D eigenvalue weighted by atomic mass is 10.3. The van der Waals surface area contributed by atoms with Crippen LogP contribution < -0.4 is 0 Å². The van der Waals surface area contributed by atoms with Gasteiger partial charge in [-0.2, -0.15) is 11.8 Å². The number of unbranched alkanes of at least 4 members (excludes halogenated alkanes) is 2. The van der Waals surface area contributed by atoms with Crippen LogP contribution in [0.5, 0.6) is 0 Å². The van der Waals surface area contributed by atoms with Gasteiger partial charge < -0.3 is 4.42 Å². The predicted molar refractivity (Wildman–Crippen MR) is 71.9 cm³/mol. The van der Waals surface area contributed by atoms with Crippen LogP contribution in [-0.4, -0.2) is 11.1 Å². The first-order valence-corrected chi connectivity index (χ1v) is 7.85. The summed E-state index contributed by atoms with van der Waals surface area (Å²) in [5.74, 6) is 4.49. The van der Waals surface area contributed by atoms with Crippen LogP contribution in [0.25, 0.3) is 0 Å². The summed E-state index contributed by atoms with van der Waals surface area (Å²) >= 11 is 5.42. The largest absolute Gasteiger partial charge is 0.465 e. The maximum absolute atomic E-state index is 5.63. The molecule has 0 unspecified atom stereocenters. The Kier molecular flexibility index (Phi) is 7.28. The molecule has 0 fully saturated rings. The summed E-state index contributed by atoms with van der Waals surface area (Å²) in [5.41, 5.74) is 0. The first kappa shape index (κ1) is 13.2. The van der Waals surface area contributed by atoms with Gasteiger partial charge in [-0.3, -0.25) is 0 Å². The van der Waals surface area contributed by atoms with Crippen molar-refractivity contribution in [2.45, 2.75) is 38.4 Å². The Balaban J connectivity index is 2.04. The molecule has 1 nitrogen and oxygen atoms in total. The molecular formula is C12H19BrOS. The summed E-state index contributed by atoms with van der Waals surface area (Å²) in [6.07, 6.45) is 4.94. The molecule has 0 aliphatic rings. The van der Waals surface area contributed by atoms with Crippen molar-refractivity contribution < 1.29 is 4.42 Å². The van der Waals surface area contributed by atoms with Crippen LogP contribution in [-0.2, 0) is 12.2 Å². The number of rotatable bonds is 8. The van der Waals surface area contributed by atoms with E-state index in [0.29, 0.717) is 0 Å². The van der Waals surface area contributed by atoms with Crippen molar-refractivity contribution in [3.63, 3.8) is 0 Å². The Labute approximate surface area is 105 Å². The quantitative estimate of drug-likeness (QED) is 0.511. The summed E-state index contributed by atoms with van der Waals surface area (Å²) in [6, 6.07) is 4.19. The Morgan fingerprint density at radius 1 is 1.20 bits per heavy atom. The molecule has 1 aromatic heterocycles. The molecule has 0 saturated carbocycles. The monoisotopic (exact) mass is 290 g/mol. The average Bonchev–Trinajstić information content (AvgIpc) is 2.71. The highest BCUT2D eigenvalue weighted by atomic mass is 79.9. The van der Waals surface area contributed by atoms with Gasteiger partial charge in [0, 0.05) is 11.8 Å². The minimum absolute atomic E-state index is 0.996. The van der Waals surface area contributed by atoms with Gasteiger partial charge in [0.2, 0.25) is 0 Å². The van der Waals surface area contributed by atoms with Gasteiger partial charge in [-0.25, -0.2) is 0 Å². The highest BCUT2D eigenvalue weighted by molar-refractivity contribution is 9.09. The SMILES string of the molecule is CCc1ccc(CSCCCCCBr)o1. The van der Waals surface area contributed by atoms with Gasteiger partial charge >= 0.3 is 0 Å². The number of hydrogen-bond donors (Lipinski definition) is 0. The molecular weight excluding hydrogens is 272 g/mol. The van der Waals surface area contributed by atoms with Gasteiger partial charge in [-0.05, 0) is 30.7 Å².